The summed E-state index contributed by atoms with van der Waals surface area (Å²) < 4.78 is 0. The molecular formula is C17H26N2O. The van der Waals surface area contributed by atoms with E-state index in [9.17, 15) is 4.79 Å². The van der Waals surface area contributed by atoms with Gasteiger partial charge in [0.2, 0.25) is 5.91 Å². The number of nitrogens with one attached hydrogen (secondary N) is 1. The van der Waals surface area contributed by atoms with E-state index in [-0.39, 0.29) is 5.91 Å². The quantitative estimate of drug-likeness (QED) is 0.829. The highest BCUT2D eigenvalue weighted by Crippen LogP contribution is 2.28. The highest BCUT2D eigenvalue weighted by Gasteiger charge is 2.30. The van der Waals surface area contributed by atoms with Crippen molar-refractivity contribution in [2.24, 2.45) is 0 Å². The lowest BCUT2D eigenvalue weighted by Gasteiger charge is -2.21. The zero-order valence-electron chi connectivity index (χ0n) is 12.9. The molecule has 1 N–H and O–H groups in total. The summed E-state index contributed by atoms with van der Waals surface area (Å²) >= 11 is 0. The van der Waals surface area contributed by atoms with Crippen molar-refractivity contribution in [2.45, 2.75) is 52.1 Å². The van der Waals surface area contributed by atoms with E-state index in [0.717, 1.165) is 6.54 Å². The summed E-state index contributed by atoms with van der Waals surface area (Å²) in [6.45, 7) is 8.48. The third kappa shape index (κ3) is 4.34. The summed E-state index contributed by atoms with van der Waals surface area (Å²) in [7, 11) is 0. The van der Waals surface area contributed by atoms with Crippen molar-refractivity contribution in [3.63, 3.8) is 0 Å². The standard InChI is InChI=1S/C17H26N2O/c1-4-18-17(20)12-19(16-9-10-16)11-14-5-7-15(8-6-14)13(2)3/h5-8,13,16H,4,9-12H2,1-3H3,(H,18,20). The van der Waals surface area contributed by atoms with E-state index in [1.54, 1.807) is 0 Å². The number of carbonyl (C=O) groups excluding carboxylic acids is 1. The zero-order chi connectivity index (χ0) is 14.5. The molecule has 1 aromatic rings. The van der Waals surface area contributed by atoms with Gasteiger partial charge >= 0.3 is 0 Å². The van der Waals surface area contributed by atoms with Gasteiger partial charge in [0.15, 0.2) is 0 Å². The Kier molecular flexibility index (Phi) is 5.18. The Morgan fingerprint density at radius 2 is 1.95 bits per heavy atom. The van der Waals surface area contributed by atoms with Gasteiger partial charge in [-0.05, 0) is 36.8 Å². The molecule has 0 spiro atoms. The van der Waals surface area contributed by atoms with E-state index < -0.39 is 0 Å². The molecule has 1 saturated carbocycles. The minimum atomic E-state index is 0.137. The summed E-state index contributed by atoms with van der Waals surface area (Å²) in [6.07, 6.45) is 2.45. The van der Waals surface area contributed by atoms with Crippen LogP contribution >= 0.6 is 0 Å². The molecule has 0 heterocycles. The predicted molar refractivity (Wildman–Crippen MR) is 82.6 cm³/mol. The number of nitrogens with zero attached hydrogens (tertiary/aromatic N) is 1. The van der Waals surface area contributed by atoms with Gasteiger partial charge < -0.3 is 5.32 Å². The Bertz CT molecular complexity index is 435. The van der Waals surface area contributed by atoms with Crippen LogP contribution in [0.5, 0.6) is 0 Å². The average Bonchev–Trinajstić information content (AvgIpc) is 3.23. The van der Waals surface area contributed by atoms with E-state index in [0.29, 0.717) is 25.0 Å². The number of benzene rings is 1. The molecule has 1 amide bonds. The first-order valence-corrected chi connectivity index (χ1v) is 7.69. The van der Waals surface area contributed by atoms with Gasteiger partial charge in [0.05, 0.1) is 6.54 Å². The van der Waals surface area contributed by atoms with Gasteiger partial charge in [0.25, 0.3) is 0 Å². The normalized spacial score (nSPS) is 14.8. The molecule has 2 rings (SSSR count). The van der Waals surface area contributed by atoms with Crippen LogP contribution in [-0.4, -0.2) is 29.9 Å². The fourth-order valence-electron chi connectivity index (χ4n) is 2.43. The summed E-state index contributed by atoms with van der Waals surface area (Å²) in [5.41, 5.74) is 2.67. The fourth-order valence-corrected chi connectivity index (χ4v) is 2.43. The molecule has 1 aromatic carbocycles. The topological polar surface area (TPSA) is 32.3 Å². The minimum Gasteiger partial charge on any atom is -0.355 e. The molecule has 0 aromatic heterocycles. The second-order valence-electron chi connectivity index (χ2n) is 5.99. The molecule has 0 atom stereocenters. The molecule has 110 valence electrons. The number of likely N-dealkylation sites (N-methyl/N-ethyl adjacent to an activating group) is 1. The van der Waals surface area contributed by atoms with Gasteiger partial charge in [-0.2, -0.15) is 0 Å². The van der Waals surface area contributed by atoms with Crippen molar-refractivity contribution in [3.8, 4) is 0 Å². The summed E-state index contributed by atoms with van der Waals surface area (Å²) in [6, 6.07) is 9.40. The number of carbonyl (C=O) groups is 1. The second-order valence-corrected chi connectivity index (χ2v) is 5.99. The second kappa shape index (κ2) is 6.89. The molecule has 3 heteroatoms. The maximum absolute atomic E-state index is 11.8. The fraction of sp³-hybridized carbons (Fsp3) is 0.588. The lowest BCUT2D eigenvalue weighted by Crippen LogP contribution is -2.38. The van der Waals surface area contributed by atoms with Crippen LogP contribution in [0, 0.1) is 0 Å². The number of amides is 1. The molecule has 0 aliphatic heterocycles. The number of hydrogen-bond acceptors (Lipinski definition) is 2. The minimum absolute atomic E-state index is 0.137. The SMILES string of the molecule is CCNC(=O)CN(Cc1ccc(C(C)C)cc1)C1CC1. The largest absolute Gasteiger partial charge is 0.355 e. The molecule has 0 radical (unpaired) electrons. The lowest BCUT2D eigenvalue weighted by atomic mass is 10.0. The molecule has 0 bridgehead atoms. The van der Waals surface area contributed by atoms with Crippen LogP contribution in [0.1, 0.15) is 50.7 Å². The number of rotatable bonds is 7. The summed E-state index contributed by atoms with van der Waals surface area (Å²) in [5, 5.41) is 2.89. The Morgan fingerprint density at radius 3 is 2.45 bits per heavy atom. The van der Waals surface area contributed by atoms with Gasteiger partial charge in [-0.15, -0.1) is 0 Å². The highest BCUT2D eigenvalue weighted by atomic mass is 16.2. The molecule has 1 aliphatic carbocycles. The van der Waals surface area contributed by atoms with Gasteiger partial charge in [-0.25, -0.2) is 0 Å². The van der Waals surface area contributed by atoms with Crippen LogP contribution in [0.15, 0.2) is 24.3 Å². The van der Waals surface area contributed by atoms with Crippen molar-refractivity contribution in [1.29, 1.82) is 0 Å². The van der Waals surface area contributed by atoms with Crippen LogP contribution in [0.4, 0.5) is 0 Å². The third-order valence-electron chi connectivity index (χ3n) is 3.82. The zero-order valence-corrected chi connectivity index (χ0v) is 12.9. The van der Waals surface area contributed by atoms with E-state index in [1.807, 2.05) is 6.92 Å². The van der Waals surface area contributed by atoms with Gasteiger partial charge in [0, 0.05) is 19.1 Å². The van der Waals surface area contributed by atoms with Crippen molar-refractivity contribution < 1.29 is 4.79 Å². The van der Waals surface area contributed by atoms with E-state index in [1.165, 1.54) is 24.0 Å². The Labute approximate surface area is 122 Å². The molecule has 3 nitrogen and oxygen atoms in total. The summed E-state index contributed by atoms with van der Waals surface area (Å²) in [5.74, 6) is 0.706. The van der Waals surface area contributed by atoms with Gasteiger partial charge in [-0.3, -0.25) is 9.69 Å². The molecule has 0 saturated heterocycles. The van der Waals surface area contributed by atoms with E-state index in [2.05, 4.69) is 48.3 Å². The lowest BCUT2D eigenvalue weighted by molar-refractivity contribution is -0.122. The van der Waals surface area contributed by atoms with Gasteiger partial charge in [-0.1, -0.05) is 38.1 Å². The van der Waals surface area contributed by atoms with Crippen molar-refractivity contribution >= 4 is 5.91 Å². The summed E-state index contributed by atoms with van der Waals surface area (Å²) in [4.78, 5) is 14.1. The Morgan fingerprint density at radius 1 is 1.30 bits per heavy atom. The van der Waals surface area contributed by atoms with Crippen LogP contribution < -0.4 is 5.32 Å². The van der Waals surface area contributed by atoms with Crippen molar-refractivity contribution in [2.75, 3.05) is 13.1 Å². The molecule has 0 unspecified atom stereocenters. The van der Waals surface area contributed by atoms with Crippen molar-refractivity contribution in [3.05, 3.63) is 35.4 Å². The highest BCUT2D eigenvalue weighted by molar-refractivity contribution is 5.78. The monoisotopic (exact) mass is 274 g/mol. The maximum atomic E-state index is 11.8. The molecule has 1 aliphatic rings. The first-order chi connectivity index (χ1) is 9.60. The number of hydrogen-bond donors (Lipinski definition) is 1. The smallest absolute Gasteiger partial charge is 0.234 e. The molecule has 1 fully saturated rings. The van der Waals surface area contributed by atoms with Crippen LogP contribution in [-0.2, 0) is 11.3 Å². The first kappa shape index (κ1) is 15.0. The average molecular weight is 274 g/mol. The first-order valence-electron chi connectivity index (χ1n) is 7.69. The third-order valence-corrected chi connectivity index (χ3v) is 3.82. The van der Waals surface area contributed by atoms with Crippen LogP contribution in [0.2, 0.25) is 0 Å². The molecular weight excluding hydrogens is 248 g/mol. The van der Waals surface area contributed by atoms with Gasteiger partial charge in [0.1, 0.15) is 0 Å². The Balaban J connectivity index is 1.95. The van der Waals surface area contributed by atoms with Crippen LogP contribution in [0.3, 0.4) is 0 Å². The Hall–Kier alpha value is -1.35. The maximum Gasteiger partial charge on any atom is 0.234 e. The predicted octanol–water partition coefficient (Wildman–Crippen LogP) is 2.91. The van der Waals surface area contributed by atoms with E-state index in [4.69, 9.17) is 0 Å². The molecule has 20 heavy (non-hydrogen) atoms. The van der Waals surface area contributed by atoms with E-state index >= 15 is 0 Å². The van der Waals surface area contributed by atoms with Crippen LogP contribution in [0.25, 0.3) is 0 Å². The van der Waals surface area contributed by atoms with Crippen molar-refractivity contribution in [1.82, 2.24) is 10.2 Å².